The first kappa shape index (κ1) is 7.75. The third-order valence-electron chi connectivity index (χ3n) is 1.12. The van der Waals surface area contributed by atoms with Gasteiger partial charge in [-0.3, -0.25) is 10.5 Å². The second kappa shape index (κ2) is 3.73. The van der Waals surface area contributed by atoms with Crippen LogP contribution >= 0.6 is 0 Å². The average Bonchev–Trinajstić information content (AvgIpc) is 2.06. The first-order valence-corrected chi connectivity index (χ1v) is 3.18. The van der Waals surface area contributed by atoms with Gasteiger partial charge < -0.3 is 4.74 Å². The molecule has 0 amide bonds. The third-order valence-corrected chi connectivity index (χ3v) is 1.12. The molecule has 1 rings (SSSR count). The van der Waals surface area contributed by atoms with E-state index < -0.39 is 6.23 Å². The molecular formula is C8H8NO2. The van der Waals surface area contributed by atoms with E-state index in [0.29, 0.717) is 5.75 Å². The number of hydrogen-bond acceptors (Lipinski definition) is 3. The number of hydrogen-bond donors (Lipinski definition) is 1. The van der Waals surface area contributed by atoms with Gasteiger partial charge in [-0.15, -0.1) is 0 Å². The van der Waals surface area contributed by atoms with Crippen LogP contribution in [-0.2, 0) is 4.79 Å². The van der Waals surface area contributed by atoms with Gasteiger partial charge in [0.05, 0.1) is 0 Å². The van der Waals surface area contributed by atoms with Crippen LogP contribution in [0.4, 0.5) is 0 Å². The zero-order valence-corrected chi connectivity index (χ0v) is 5.86. The maximum absolute atomic E-state index is 9.93. The van der Waals surface area contributed by atoms with Gasteiger partial charge >= 0.3 is 0 Å². The Kier molecular flexibility index (Phi) is 2.63. The smallest absolute Gasteiger partial charge is 0.259 e. The molecule has 11 heavy (non-hydrogen) atoms. The normalized spacial score (nSPS) is 12.1. The number of rotatable bonds is 3. The molecule has 1 atom stereocenters. The second-order valence-electron chi connectivity index (χ2n) is 1.97. The molecule has 3 heteroatoms. The molecule has 1 aromatic rings. The van der Waals surface area contributed by atoms with E-state index in [1.165, 1.54) is 6.29 Å². The molecule has 1 aromatic carbocycles. The molecule has 1 radical (unpaired) electrons. The summed E-state index contributed by atoms with van der Waals surface area (Å²) in [5.41, 5.74) is 5.16. The van der Waals surface area contributed by atoms with E-state index in [9.17, 15) is 4.79 Å². The Morgan fingerprint density at radius 1 is 1.36 bits per heavy atom. The van der Waals surface area contributed by atoms with Crippen LogP contribution < -0.4 is 10.5 Å². The van der Waals surface area contributed by atoms with Gasteiger partial charge in [-0.05, 0) is 12.1 Å². The standard InChI is InChI=1S/C8H8NO2/c9-8(6-10)11-7-4-2-1-3-5-7/h1-5,8H,9H2. The maximum Gasteiger partial charge on any atom is 0.259 e. The highest BCUT2D eigenvalue weighted by Gasteiger charge is 2.00. The van der Waals surface area contributed by atoms with Gasteiger partial charge in [-0.25, -0.2) is 0 Å². The van der Waals surface area contributed by atoms with E-state index >= 15 is 0 Å². The van der Waals surface area contributed by atoms with Crippen molar-refractivity contribution in [2.75, 3.05) is 0 Å². The summed E-state index contributed by atoms with van der Waals surface area (Å²) < 4.78 is 4.92. The summed E-state index contributed by atoms with van der Waals surface area (Å²) in [7, 11) is 0. The van der Waals surface area contributed by atoms with Gasteiger partial charge in [-0.2, -0.15) is 0 Å². The molecule has 57 valence electrons. The van der Waals surface area contributed by atoms with Gasteiger partial charge in [0.25, 0.3) is 6.29 Å². The molecule has 0 saturated carbocycles. The Hall–Kier alpha value is -1.35. The van der Waals surface area contributed by atoms with Crippen LogP contribution in [0.1, 0.15) is 0 Å². The highest BCUT2D eigenvalue weighted by molar-refractivity contribution is 5.56. The molecule has 0 saturated heterocycles. The van der Waals surface area contributed by atoms with E-state index in [4.69, 9.17) is 10.5 Å². The van der Waals surface area contributed by atoms with Crippen LogP contribution in [-0.4, -0.2) is 12.5 Å². The predicted molar refractivity (Wildman–Crippen MR) is 40.7 cm³/mol. The fraction of sp³-hybridized carbons (Fsp3) is 0.125. The highest BCUT2D eigenvalue weighted by atomic mass is 16.5. The number of nitrogens with two attached hydrogens (primary N) is 1. The van der Waals surface area contributed by atoms with E-state index in [-0.39, 0.29) is 0 Å². The second-order valence-corrected chi connectivity index (χ2v) is 1.97. The van der Waals surface area contributed by atoms with Crippen molar-refractivity contribution in [2.24, 2.45) is 5.73 Å². The summed E-state index contributed by atoms with van der Waals surface area (Å²) in [6.07, 6.45) is 0.530. The minimum atomic E-state index is -0.989. The molecule has 0 spiro atoms. The summed E-state index contributed by atoms with van der Waals surface area (Å²) in [5.74, 6) is 0.573. The topological polar surface area (TPSA) is 52.3 Å². The van der Waals surface area contributed by atoms with Gasteiger partial charge in [-0.1, -0.05) is 18.2 Å². The first-order valence-electron chi connectivity index (χ1n) is 3.18. The summed E-state index contributed by atoms with van der Waals surface area (Å²) in [5, 5.41) is 0. The Balaban J connectivity index is 2.57. The lowest BCUT2D eigenvalue weighted by Crippen LogP contribution is -2.28. The van der Waals surface area contributed by atoms with Crippen molar-refractivity contribution in [2.45, 2.75) is 6.23 Å². The van der Waals surface area contributed by atoms with Crippen molar-refractivity contribution >= 4 is 6.29 Å². The van der Waals surface area contributed by atoms with Crippen molar-refractivity contribution in [1.29, 1.82) is 0 Å². The molecule has 0 aliphatic carbocycles. The van der Waals surface area contributed by atoms with Gasteiger partial charge in [0.2, 0.25) is 6.23 Å². The molecule has 0 aromatic heterocycles. The molecule has 0 heterocycles. The van der Waals surface area contributed by atoms with Gasteiger partial charge in [0.15, 0.2) is 0 Å². The fourth-order valence-electron chi connectivity index (χ4n) is 0.670. The van der Waals surface area contributed by atoms with E-state index in [1.807, 2.05) is 6.07 Å². The van der Waals surface area contributed by atoms with Crippen LogP contribution in [0, 0.1) is 0 Å². The zero-order chi connectivity index (χ0) is 8.10. The predicted octanol–water partition coefficient (Wildman–Crippen LogP) is 0.460. The van der Waals surface area contributed by atoms with E-state index in [0.717, 1.165) is 0 Å². The Bertz CT molecular complexity index is 223. The van der Waals surface area contributed by atoms with Gasteiger partial charge in [0, 0.05) is 0 Å². The van der Waals surface area contributed by atoms with Crippen LogP contribution in [0.3, 0.4) is 0 Å². The lowest BCUT2D eigenvalue weighted by atomic mass is 10.3. The molecule has 0 fully saturated rings. The van der Waals surface area contributed by atoms with E-state index in [2.05, 4.69) is 0 Å². The largest absolute Gasteiger partial charge is 0.468 e. The Morgan fingerprint density at radius 2 is 2.00 bits per heavy atom. The van der Waals surface area contributed by atoms with Crippen LogP contribution in [0.5, 0.6) is 5.75 Å². The molecule has 3 nitrogen and oxygen atoms in total. The number of benzene rings is 1. The molecule has 0 aliphatic rings. The SMILES string of the molecule is NC([C]=O)Oc1ccccc1. The van der Waals surface area contributed by atoms with Crippen LogP contribution in [0.25, 0.3) is 0 Å². The molecule has 1 unspecified atom stereocenters. The minimum Gasteiger partial charge on any atom is -0.468 e. The summed E-state index contributed by atoms with van der Waals surface area (Å²) in [6.45, 7) is 0. The number of carbonyl (C=O) groups excluding carboxylic acids is 1. The molecular weight excluding hydrogens is 142 g/mol. The zero-order valence-electron chi connectivity index (χ0n) is 5.86. The van der Waals surface area contributed by atoms with Crippen LogP contribution in [0.15, 0.2) is 30.3 Å². The van der Waals surface area contributed by atoms with Gasteiger partial charge in [0.1, 0.15) is 5.75 Å². The highest BCUT2D eigenvalue weighted by Crippen LogP contribution is 2.08. The number of para-hydroxylation sites is 1. The minimum absolute atomic E-state index is 0.573. The Labute approximate surface area is 64.8 Å². The monoisotopic (exact) mass is 150 g/mol. The summed E-state index contributed by atoms with van der Waals surface area (Å²) >= 11 is 0. The van der Waals surface area contributed by atoms with Crippen molar-refractivity contribution in [3.8, 4) is 5.75 Å². The lowest BCUT2D eigenvalue weighted by Gasteiger charge is -2.05. The summed E-state index contributed by atoms with van der Waals surface area (Å²) in [4.78, 5) is 9.93. The summed E-state index contributed by atoms with van der Waals surface area (Å²) in [6, 6.07) is 8.89. The maximum atomic E-state index is 9.93. The molecule has 2 N–H and O–H groups in total. The van der Waals surface area contributed by atoms with Crippen molar-refractivity contribution in [3.05, 3.63) is 30.3 Å². The third kappa shape index (κ3) is 2.39. The van der Waals surface area contributed by atoms with Crippen molar-refractivity contribution in [1.82, 2.24) is 0 Å². The Morgan fingerprint density at radius 3 is 2.55 bits per heavy atom. The number of ether oxygens (including phenoxy) is 1. The first-order chi connectivity index (χ1) is 5.33. The van der Waals surface area contributed by atoms with Crippen molar-refractivity contribution < 1.29 is 9.53 Å². The average molecular weight is 150 g/mol. The quantitative estimate of drug-likeness (QED) is 0.637. The van der Waals surface area contributed by atoms with E-state index in [1.54, 1.807) is 24.3 Å². The van der Waals surface area contributed by atoms with Crippen molar-refractivity contribution in [3.63, 3.8) is 0 Å². The fourth-order valence-corrected chi connectivity index (χ4v) is 0.670. The lowest BCUT2D eigenvalue weighted by molar-refractivity contribution is 0.267. The molecule has 0 aliphatic heterocycles. The molecule has 0 bridgehead atoms. The van der Waals surface area contributed by atoms with Crippen LogP contribution in [0.2, 0.25) is 0 Å².